The number of nitrogens with two attached hydrogens (primary N) is 1. The quantitative estimate of drug-likeness (QED) is 0.392. The van der Waals surface area contributed by atoms with Crippen LogP contribution >= 0.6 is 0 Å². The summed E-state index contributed by atoms with van der Waals surface area (Å²) in [6.07, 6.45) is 0.528. The number of quaternary nitrogens is 1. The van der Waals surface area contributed by atoms with Crippen molar-refractivity contribution in [3.63, 3.8) is 0 Å². The minimum Gasteiger partial charge on any atom is -1.00 e. The van der Waals surface area contributed by atoms with Crippen molar-refractivity contribution in [2.75, 3.05) is 13.7 Å². The highest BCUT2D eigenvalue weighted by molar-refractivity contribution is 4.67. The molecule has 0 radical (unpaired) electrons. The zero-order valence-electron chi connectivity index (χ0n) is 5.23. The molecule has 2 N–H and O–H groups in total. The third kappa shape index (κ3) is 1.34. The molecule has 0 spiro atoms. The van der Waals surface area contributed by atoms with Gasteiger partial charge in [-0.05, 0) is 6.92 Å². The average molecular weight is 138 g/mol. The molecular weight excluding hydrogens is 126 g/mol. The minimum atomic E-state index is 0. The Morgan fingerprint density at radius 2 is 2.25 bits per heavy atom. The van der Waals surface area contributed by atoms with Crippen LogP contribution in [-0.4, -0.2) is 25.8 Å². The molecular formula is C5H12ClNO. The fraction of sp³-hybridized carbons (Fsp3) is 1.00. The van der Waals surface area contributed by atoms with E-state index in [4.69, 9.17) is 4.74 Å². The summed E-state index contributed by atoms with van der Waals surface area (Å²) in [6, 6.07) is 0.699. The van der Waals surface area contributed by atoms with Gasteiger partial charge in [0.2, 0.25) is 0 Å². The van der Waals surface area contributed by atoms with E-state index < -0.39 is 0 Å². The lowest BCUT2D eigenvalue weighted by Gasteiger charge is -2.29. The highest BCUT2D eigenvalue weighted by Crippen LogP contribution is 1.95. The Hall–Kier alpha value is 0.210. The number of halogens is 1. The molecule has 1 aliphatic rings. The van der Waals surface area contributed by atoms with Gasteiger partial charge in [-0.25, -0.2) is 0 Å². The van der Waals surface area contributed by atoms with E-state index in [1.54, 1.807) is 7.11 Å². The Balaban J connectivity index is 0.000000490. The van der Waals surface area contributed by atoms with Gasteiger partial charge in [0.1, 0.15) is 12.6 Å². The van der Waals surface area contributed by atoms with Crippen molar-refractivity contribution in [1.82, 2.24) is 0 Å². The Labute approximate surface area is 56.0 Å². The first-order valence-electron chi connectivity index (χ1n) is 2.70. The molecule has 0 aromatic rings. The molecule has 1 rings (SSSR count). The molecule has 0 aromatic heterocycles. The van der Waals surface area contributed by atoms with E-state index in [1.807, 2.05) is 0 Å². The standard InChI is InChI=1S/C5H11NO.ClH/c1-4-5(7-2)3-6-4;/h4-6H,3H2,1-2H3;1H/t4-,5+;/m0./s1. The van der Waals surface area contributed by atoms with Crippen LogP contribution < -0.4 is 17.7 Å². The molecule has 2 nitrogen and oxygen atoms in total. The van der Waals surface area contributed by atoms with E-state index in [9.17, 15) is 0 Å². The van der Waals surface area contributed by atoms with Gasteiger partial charge >= 0.3 is 0 Å². The smallest absolute Gasteiger partial charge is 0.157 e. The van der Waals surface area contributed by atoms with Gasteiger partial charge in [0, 0.05) is 7.11 Å². The van der Waals surface area contributed by atoms with Gasteiger partial charge in [-0.1, -0.05) is 0 Å². The molecule has 8 heavy (non-hydrogen) atoms. The van der Waals surface area contributed by atoms with Gasteiger partial charge in [-0.3, -0.25) is 0 Å². The fourth-order valence-corrected chi connectivity index (χ4v) is 0.830. The van der Waals surface area contributed by atoms with E-state index in [0.29, 0.717) is 12.1 Å². The Bertz CT molecular complexity index is 67.4. The van der Waals surface area contributed by atoms with E-state index in [-0.39, 0.29) is 12.4 Å². The first-order chi connectivity index (χ1) is 3.34. The van der Waals surface area contributed by atoms with Crippen LogP contribution in [0.3, 0.4) is 0 Å². The van der Waals surface area contributed by atoms with Crippen molar-refractivity contribution < 1.29 is 22.5 Å². The van der Waals surface area contributed by atoms with Crippen LogP contribution in [0.1, 0.15) is 6.92 Å². The van der Waals surface area contributed by atoms with Gasteiger partial charge in [-0.15, -0.1) is 0 Å². The molecule has 1 fully saturated rings. The van der Waals surface area contributed by atoms with Gasteiger partial charge in [0.05, 0.1) is 0 Å². The largest absolute Gasteiger partial charge is 1.00 e. The van der Waals surface area contributed by atoms with Crippen molar-refractivity contribution in [2.24, 2.45) is 0 Å². The number of ether oxygens (including phenoxy) is 1. The van der Waals surface area contributed by atoms with Crippen molar-refractivity contribution in [2.45, 2.75) is 19.1 Å². The molecule has 0 aliphatic carbocycles. The summed E-state index contributed by atoms with van der Waals surface area (Å²) in [6.45, 7) is 3.33. The van der Waals surface area contributed by atoms with Crippen LogP contribution in [0.25, 0.3) is 0 Å². The van der Waals surface area contributed by atoms with E-state index in [1.165, 1.54) is 0 Å². The summed E-state index contributed by atoms with van der Waals surface area (Å²) >= 11 is 0. The summed E-state index contributed by atoms with van der Waals surface area (Å²) in [5, 5.41) is 2.27. The highest BCUT2D eigenvalue weighted by atomic mass is 35.5. The number of rotatable bonds is 1. The maximum Gasteiger partial charge on any atom is 0.157 e. The topological polar surface area (TPSA) is 25.8 Å². The maximum atomic E-state index is 5.07. The molecule has 0 saturated carbocycles. The lowest BCUT2D eigenvalue weighted by Crippen LogP contribution is -3.03. The predicted molar refractivity (Wildman–Crippen MR) is 27.1 cm³/mol. The van der Waals surface area contributed by atoms with Crippen LogP contribution in [0.2, 0.25) is 0 Å². The van der Waals surface area contributed by atoms with Crippen LogP contribution in [0, 0.1) is 0 Å². The Morgan fingerprint density at radius 1 is 1.62 bits per heavy atom. The summed E-state index contributed by atoms with van der Waals surface area (Å²) in [5.74, 6) is 0. The summed E-state index contributed by atoms with van der Waals surface area (Å²) < 4.78 is 5.07. The summed E-state index contributed by atoms with van der Waals surface area (Å²) in [4.78, 5) is 0. The summed E-state index contributed by atoms with van der Waals surface area (Å²) in [7, 11) is 1.77. The third-order valence-electron chi connectivity index (χ3n) is 1.63. The molecule has 1 aliphatic heterocycles. The molecule has 1 heterocycles. The minimum absolute atomic E-state index is 0. The van der Waals surface area contributed by atoms with Gasteiger partial charge in [0.25, 0.3) is 0 Å². The summed E-state index contributed by atoms with van der Waals surface area (Å²) in [5.41, 5.74) is 0. The average Bonchev–Trinajstić information content (AvgIpc) is 1.65. The molecule has 0 amide bonds. The normalized spacial score (nSPS) is 35.2. The SMILES string of the molecule is CO[C@@H]1C[NH2+][C@H]1C.[Cl-]. The highest BCUT2D eigenvalue weighted by Gasteiger charge is 2.30. The van der Waals surface area contributed by atoms with Gasteiger partial charge in [-0.2, -0.15) is 0 Å². The number of hydrogen-bond donors (Lipinski definition) is 1. The van der Waals surface area contributed by atoms with Crippen LogP contribution in [0.15, 0.2) is 0 Å². The van der Waals surface area contributed by atoms with E-state index in [2.05, 4.69) is 12.2 Å². The van der Waals surface area contributed by atoms with Crippen molar-refractivity contribution >= 4 is 0 Å². The monoisotopic (exact) mass is 137 g/mol. The molecule has 3 heteroatoms. The van der Waals surface area contributed by atoms with Crippen molar-refractivity contribution in [3.8, 4) is 0 Å². The van der Waals surface area contributed by atoms with Gasteiger partial charge in [0.15, 0.2) is 6.10 Å². The molecule has 0 aromatic carbocycles. The van der Waals surface area contributed by atoms with E-state index in [0.717, 1.165) is 6.54 Å². The second kappa shape index (κ2) is 3.28. The lowest BCUT2D eigenvalue weighted by atomic mass is 10.1. The first kappa shape index (κ1) is 8.21. The molecule has 0 bridgehead atoms. The third-order valence-corrected chi connectivity index (χ3v) is 1.63. The Morgan fingerprint density at radius 3 is 2.25 bits per heavy atom. The predicted octanol–water partition coefficient (Wildman–Crippen LogP) is -4.03. The molecule has 50 valence electrons. The van der Waals surface area contributed by atoms with Crippen LogP contribution in [0.5, 0.6) is 0 Å². The second-order valence-corrected chi connectivity index (χ2v) is 2.10. The number of methoxy groups -OCH3 is 1. The lowest BCUT2D eigenvalue weighted by molar-refractivity contribution is -0.758. The zero-order chi connectivity index (χ0) is 5.28. The van der Waals surface area contributed by atoms with Crippen LogP contribution in [0.4, 0.5) is 0 Å². The Kier molecular flexibility index (Phi) is 3.36. The van der Waals surface area contributed by atoms with Crippen LogP contribution in [-0.2, 0) is 4.74 Å². The molecule has 2 atom stereocenters. The number of hydrogen-bond acceptors (Lipinski definition) is 1. The first-order valence-corrected chi connectivity index (χ1v) is 2.70. The fourth-order valence-electron chi connectivity index (χ4n) is 0.830. The van der Waals surface area contributed by atoms with E-state index >= 15 is 0 Å². The molecule has 0 unspecified atom stereocenters. The van der Waals surface area contributed by atoms with Crippen molar-refractivity contribution in [1.29, 1.82) is 0 Å². The maximum absolute atomic E-state index is 5.07. The zero-order valence-corrected chi connectivity index (χ0v) is 5.98. The van der Waals surface area contributed by atoms with Gasteiger partial charge < -0.3 is 22.5 Å². The second-order valence-electron chi connectivity index (χ2n) is 2.10. The van der Waals surface area contributed by atoms with Crippen molar-refractivity contribution in [3.05, 3.63) is 0 Å². The molecule has 1 saturated heterocycles.